The lowest BCUT2D eigenvalue weighted by Gasteiger charge is -2.14. The molecule has 1 aromatic heterocycles. The van der Waals surface area contributed by atoms with E-state index in [1.807, 2.05) is 26.2 Å². The van der Waals surface area contributed by atoms with Gasteiger partial charge in [0.05, 0.1) is 21.6 Å². The average molecular weight is 277 g/mol. The number of nitrogens with one attached hydrogen (secondary N) is 1. The van der Waals surface area contributed by atoms with Gasteiger partial charge in [-0.05, 0) is 20.8 Å². The summed E-state index contributed by atoms with van der Waals surface area (Å²) in [6, 6.07) is 0. The van der Waals surface area contributed by atoms with Crippen LogP contribution < -0.4 is 5.32 Å². The van der Waals surface area contributed by atoms with Crippen molar-refractivity contribution in [3.05, 3.63) is 16.1 Å². The number of rotatable bonds is 3. The Hall–Kier alpha value is -0.420. The first-order valence-corrected chi connectivity index (χ1v) is 5.95. The standard InChI is InChI=1S/C9H13BrN2OS/c1-6-12-7(5-14-6)4-11-8(13)9(2,3)10/h5H,4H2,1-3H3,(H,11,13). The van der Waals surface area contributed by atoms with Gasteiger partial charge >= 0.3 is 0 Å². The third-order valence-corrected chi connectivity index (χ3v) is 2.82. The van der Waals surface area contributed by atoms with Gasteiger partial charge < -0.3 is 5.32 Å². The number of halogens is 1. The third kappa shape index (κ3) is 3.38. The first kappa shape index (κ1) is 11.7. The molecule has 0 aliphatic heterocycles. The van der Waals surface area contributed by atoms with Gasteiger partial charge in [-0.1, -0.05) is 15.9 Å². The van der Waals surface area contributed by atoms with E-state index in [1.54, 1.807) is 11.3 Å². The SMILES string of the molecule is Cc1nc(CNC(=O)C(C)(C)Br)cs1. The fraction of sp³-hybridized carbons (Fsp3) is 0.556. The molecule has 1 N–H and O–H groups in total. The molecule has 0 aromatic carbocycles. The Labute approximate surface area is 96.1 Å². The molecular formula is C9H13BrN2OS. The highest BCUT2D eigenvalue weighted by atomic mass is 79.9. The molecule has 0 fully saturated rings. The number of aryl methyl sites for hydroxylation is 1. The molecule has 0 aliphatic carbocycles. The van der Waals surface area contributed by atoms with Crippen LogP contribution in [0, 0.1) is 6.92 Å². The van der Waals surface area contributed by atoms with E-state index < -0.39 is 4.32 Å². The summed E-state index contributed by atoms with van der Waals surface area (Å²) in [5, 5.41) is 5.79. The lowest BCUT2D eigenvalue weighted by Crippen LogP contribution is -2.37. The first-order valence-electron chi connectivity index (χ1n) is 4.28. The highest BCUT2D eigenvalue weighted by Crippen LogP contribution is 2.15. The topological polar surface area (TPSA) is 42.0 Å². The van der Waals surface area contributed by atoms with E-state index in [0.717, 1.165) is 10.7 Å². The molecule has 5 heteroatoms. The number of alkyl halides is 1. The Balaban J connectivity index is 2.46. The molecule has 0 saturated heterocycles. The molecule has 0 aliphatic rings. The van der Waals surface area contributed by atoms with Gasteiger partial charge in [0.2, 0.25) is 5.91 Å². The molecule has 0 saturated carbocycles. The van der Waals surface area contributed by atoms with Crippen LogP contribution >= 0.6 is 27.3 Å². The van der Waals surface area contributed by atoms with Crippen molar-refractivity contribution >= 4 is 33.2 Å². The minimum atomic E-state index is -0.516. The van der Waals surface area contributed by atoms with E-state index in [0.29, 0.717) is 6.54 Å². The van der Waals surface area contributed by atoms with Gasteiger partial charge in [-0.15, -0.1) is 11.3 Å². The van der Waals surface area contributed by atoms with Gasteiger partial charge in [-0.2, -0.15) is 0 Å². The summed E-state index contributed by atoms with van der Waals surface area (Å²) in [5.41, 5.74) is 0.914. The van der Waals surface area contributed by atoms with E-state index in [4.69, 9.17) is 0 Å². The number of hydrogen-bond acceptors (Lipinski definition) is 3. The smallest absolute Gasteiger partial charge is 0.236 e. The molecule has 0 atom stereocenters. The second-order valence-electron chi connectivity index (χ2n) is 3.51. The van der Waals surface area contributed by atoms with Gasteiger partial charge in [0.25, 0.3) is 0 Å². The van der Waals surface area contributed by atoms with E-state index >= 15 is 0 Å². The molecule has 0 radical (unpaired) electrons. The van der Waals surface area contributed by atoms with Gasteiger partial charge in [-0.25, -0.2) is 4.98 Å². The molecule has 1 aromatic rings. The van der Waals surface area contributed by atoms with Crippen molar-refractivity contribution < 1.29 is 4.79 Å². The normalized spacial score (nSPS) is 11.4. The maximum atomic E-state index is 11.5. The molecular weight excluding hydrogens is 264 g/mol. The van der Waals surface area contributed by atoms with Crippen LogP contribution in [0.4, 0.5) is 0 Å². The fourth-order valence-corrected chi connectivity index (χ4v) is 1.62. The Bertz CT molecular complexity index is 330. The van der Waals surface area contributed by atoms with Crippen molar-refractivity contribution in [2.45, 2.75) is 31.6 Å². The maximum Gasteiger partial charge on any atom is 0.236 e. The van der Waals surface area contributed by atoms with E-state index in [1.165, 1.54) is 0 Å². The first-order chi connectivity index (χ1) is 6.39. The highest BCUT2D eigenvalue weighted by Gasteiger charge is 2.22. The monoisotopic (exact) mass is 276 g/mol. The Morgan fingerprint density at radius 1 is 1.71 bits per heavy atom. The molecule has 1 heterocycles. The predicted octanol–water partition coefficient (Wildman–Crippen LogP) is 2.24. The second kappa shape index (κ2) is 4.40. The van der Waals surface area contributed by atoms with Crippen molar-refractivity contribution in [2.24, 2.45) is 0 Å². The molecule has 0 bridgehead atoms. The van der Waals surface area contributed by atoms with Crippen molar-refractivity contribution in [1.82, 2.24) is 10.3 Å². The van der Waals surface area contributed by atoms with Crippen LogP contribution in [-0.2, 0) is 11.3 Å². The van der Waals surface area contributed by atoms with Gasteiger partial charge in [0.1, 0.15) is 0 Å². The van der Waals surface area contributed by atoms with Crippen molar-refractivity contribution in [2.75, 3.05) is 0 Å². The summed E-state index contributed by atoms with van der Waals surface area (Å²) in [6.07, 6.45) is 0. The Morgan fingerprint density at radius 3 is 2.79 bits per heavy atom. The fourth-order valence-electron chi connectivity index (χ4n) is 0.870. The van der Waals surface area contributed by atoms with Crippen LogP contribution in [0.1, 0.15) is 24.5 Å². The lowest BCUT2D eigenvalue weighted by molar-refractivity contribution is -0.122. The van der Waals surface area contributed by atoms with E-state index in [9.17, 15) is 4.79 Å². The van der Waals surface area contributed by atoms with Crippen LogP contribution in [0.2, 0.25) is 0 Å². The minimum absolute atomic E-state index is 0.0249. The minimum Gasteiger partial charge on any atom is -0.349 e. The van der Waals surface area contributed by atoms with Crippen molar-refractivity contribution in [3.63, 3.8) is 0 Å². The second-order valence-corrected chi connectivity index (χ2v) is 6.56. The summed E-state index contributed by atoms with van der Waals surface area (Å²) in [4.78, 5) is 15.7. The van der Waals surface area contributed by atoms with E-state index in [-0.39, 0.29) is 5.91 Å². The van der Waals surface area contributed by atoms with Gasteiger partial charge in [0.15, 0.2) is 0 Å². The van der Waals surface area contributed by atoms with Crippen molar-refractivity contribution in [3.8, 4) is 0 Å². The van der Waals surface area contributed by atoms with Crippen LogP contribution in [0.25, 0.3) is 0 Å². The number of hydrogen-bond donors (Lipinski definition) is 1. The third-order valence-electron chi connectivity index (χ3n) is 1.64. The molecule has 78 valence electrons. The van der Waals surface area contributed by atoms with Crippen LogP contribution in [0.5, 0.6) is 0 Å². The molecule has 0 spiro atoms. The number of nitrogens with zero attached hydrogens (tertiary/aromatic N) is 1. The summed E-state index contributed by atoms with van der Waals surface area (Å²) in [6.45, 7) is 6.08. The summed E-state index contributed by atoms with van der Waals surface area (Å²) in [5.74, 6) is -0.0249. The zero-order valence-electron chi connectivity index (χ0n) is 8.43. The largest absolute Gasteiger partial charge is 0.349 e. The molecule has 1 rings (SSSR count). The summed E-state index contributed by atoms with van der Waals surface area (Å²) < 4.78 is -0.516. The Morgan fingerprint density at radius 2 is 2.36 bits per heavy atom. The number of carbonyl (C=O) groups is 1. The number of amides is 1. The maximum absolute atomic E-state index is 11.5. The number of aromatic nitrogens is 1. The number of carbonyl (C=O) groups excluding carboxylic acids is 1. The van der Waals surface area contributed by atoms with Gasteiger partial charge in [0, 0.05) is 5.38 Å². The van der Waals surface area contributed by atoms with E-state index in [2.05, 4.69) is 26.2 Å². The van der Waals surface area contributed by atoms with Crippen LogP contribution in [-0.4, -0.2) is 15.2 Å². The molecule has 3 nitrogen and oxygen atoms in total. The van der Waals surface area contributed by atoms with Crippen LogP contribution in [0.15, 0.2) is 5.38 Å². The van der Waals surface area contributed by atoms with Crippen LogP contribution in [0.3, 0.4) is 0 Å². The molecule has 1 amide bonds. The highest BCUT2D eigenvalue weighted by molar-refractivity contribution is 9.10. The zero-order chi connectivity index (χ0) is 10.8. The summed E-state index contributed by atoms with van der Waals surface area (Å²) in [7, 11) is 0. The average Bonchev–Trinajstić information content (AvgIpc) is 2.45. The number of thiazole rings is 1. The van der Waals surface area contributed by atoms with Crippen molar-refractivity contribution in [1.29, 1.82) is 0 Å². The molecule has 0 unspecified atom stereocenters. The van der Waals surface area contributed by atoms with Gasteiger partial charge in [-0.3, -0.25) is 4.79 Å². The lowest BCUT2D eigenvalue weighted by atomic mass is 10.2. The summed E-state index contributed by atoms with van der Waals surface area (Å²) >= 11 is 4.88. The zero-order valence-corrected chi connectivity index (χ0v) is 10.8. The predicted molar refractivity (Wildman–Crippen MR) is 61.7 cm³/mol. The molecule has 14 heavy (non-hydrogen) atoms. The quantitative estimate of drug-likeness (QED) is 0.861. The Kier molecular flexibility index (Phi) is 3.66.